The maximum atomic E-state index is 4.74. The molecule has 2 aromatic carbocycles. The molecule has 2 aliphatic rings. The molecule has 27 heavy (non-hydrogen) atoms. The number of hydrogen-bond donors (Lipinski definition) is 0. The van der Waals surface area contributed by atoms with Gasteiger partial charge in [-0.05, 0) is 64.9 Å². The first-order chi connectivity index (χ1) is 12.9. The molecule has 3 atom stereocenters. The Morgan fingerprint density at radius 1 is 1.00 bits per heavy atom. The minimum Gasteiger partial charge on any atom is -0.305 e. The van der Waals surface area contributed by atoms with Crippen molar-refractivity contribution in [1.82, 2.24) is 4.98 Å². The minimum atomic E-state index is 0. The molecule has 137 valence electrons. The first-order valence-electron chi connectivity index (χ1n) is 9.65. The maximum absolute atomic E-state index is 4.74. The van der Waals surface area contributed by atoms with E-state index in [4.69, 9.17) is 4.98 Å². The van der Waals surface area contributed by atoms with Crippen LogP contribution in [0.15, 0.2) is 54.7 Å². The third kappa shape index (κ3) is 2.79. The molecule has 2 bridgehead atoms. The average molecular weight is 547 g/mol. The minimum absolute atomic E-state index is 0. The zero-order chi connectivity index (χ0) is 17.1. The molecule has 0 aliphatic heterocycles. The summed E-state index contributed by atoms with van der Waals surface area (Å²) >= 11 is 1.86. The van der Waals surface area contributed by atoms with Crippen molar-refractivity contribution in [2.75, 3.05) is 0 Å². The third-order valence-electron chi connectivity index (χ3n) is 6.54. The predicted octanol–water partition coefficient (Wildman–Crippen LogP) is 6.82. The van der Waals surface area contributed by atoms with E-state index in [9.17, 15) is 0 Å². The van der Waals surface area contributed by atoms with Crippen molar-refractivity contribution in [3.8, 4) is 11.3 Å². The molecule has 1 nitrogen and oxygen atoms in total. The van der Waals surface area contributed by atoms with E-state index < -0.39 is 0 Å². The van der Waals surface area contributed by atoms with Crippen LogP contribution >= 0.6 is 11.3 Å². The summed E-state index contributed by atoms with van der Waals surface area (Å²) in [5.74, 6) is 2.62. The van der Waals surface area contributed by atoms with E-state index in [1.807, 2.05) is 17.5 Å². The second-order valence-electron chi connectivity index (χ2n) is 7.95. The first-order valence-corrected chi connectivity index (χ1v) is 10.5. The van der Waals surface area contributed by atoms with E-state index in [-0.39, 0.29) is 20.1 Å². The number of thiophene rings is 1. The quantitative estimate of drug-likeness (QED) is 0.252. The van der Waals surface area contributed by atoms with Gasteiger partial charge in [0.2, 0.25) is 0 Å². The molecule has 2 fully saturated rings. The molecular weight excluding hydrogens is 527 g/mol. The zero-order valence-electron chi connectivity index (χ0n) is 14.9. The van der Waals surface area contributed by atoms with Crippen molar-refractivity contribution in [2.45, 2.75) is 31.6 Å². The molecule has 0 N–H and O–H groups in total. The molecule has 2 saturated carbocycles. The standard InChI is InChI=1S/C24H20NS.Ir/c1-2-7-23-18(4-1)19-5-3-6-20(24(19)26-23)22-14-17(10-11-25-22)21-13-15-8-9-16(21)12-15;/h1-5,7,10-11,14-16,21H,8-9,12-13H2;/q-1;. The van der Waals surface area contributed by atoms with Gasteiger partial charge >= 0.3 is 0 Å². The number of fused-ring (bicyclic) bond motifs is 5. The fourth-order valence-corrected chi connectivity index (χ4v) is 6.56. The van der Waals surface area contributed by atoms with E-state index in [1.165, 1.54) is 51.4 Å². The second-order valence-corrected chi connectivity index (χ2v) is 9.00. The Bertz CT molecular complexity index is 1130. The second kappa shape index (κ2) is 6.81. The number of benzene rings is 2. The summed E-state index contributed by atoms with van der Waals surface area (Å²) in [6, 6.07) is 21.0. The summed E-state index contributed by atoms with van der Waals surface area (Å²) in [6.07, 6.45) is 7.71. The number of pyridine rings is 1. The molecule has 3 heteroatoms. The van der Waals surface area contributed by atoms with Crippen LogP contribution in [0.5, 0.6) is 0 Å². The fourth-order valence-electron chi connectivity index (χ4n) is 5.35. The van der Waals surface area contributed by atoms with Gasteiger partial charge in [-0.25, -0.2) is 0 Å². The van der Waals surface area contributed by atoms with Gasteiger partial charge in [0.1, 0.15) is 0 Å². The van der Waals surface area contributed by atoms with E-state index in [2.05, 4.69) is 54.6 Å². The predicted molar refractivity (Wildman–Crippen MR) is 110 cm³/mol. The molecule has 6 rings (SSSR count). The molecule has 0 saturated heterocycles. The van der Waals surface area contributed by atoms with Gasteiger partial charge in [0.25, 0.3) is 0 Å². The van der Waals surface area contributed by atoms with Crippen molar-refractivity contribution < 1.29 is 20.1 Å². The van der Waals surface area contributed by atoms with Gasteiger partial charge in [-0.2, -0.15) is 11.3 Å². The summed E-state index contributed by atoms with van der Waals surface area (Å²) in [7, 11) is 0. The molecule has 0 spiro atoms. The zero-order valence-corrected chi connectivity index (χ0v) is 18.2. The van der Waals surface area contributed by atoms with Crippen LogP contribution in [0.3, 0.4) is 0 Å². The average Bonchev–Trinajstić information content (AvgIpc) is 3.41. The van der Waals surface area contributed by atoms with Gasteiger partial charge in [-0.15, -0.1) is 23.8 Å². The van der Waals surface area contributed by atoms with E-state index in [1.54, 1.807) is 0 Å². The Morgan fingerprint density at radius 2 is 1.93 bits per heavy atom. The third-order valence-corrected chi connectivity index (χ3v) is 7.75. The molecule has 3 unspecified atom stereocenters. The number of nitrogens with zero attached hydrogens (tertiary/aromatic N) is 1. The van der Waals surface area contributed by atoms with Crippen LogP contribution in [0.2, 0.25) is 0 Å². The molecule has 1 radical (unpaired) electrons. The van der Waals surface area contributed by atoms with Crippen LogP contribution < -0.4 is 0 Å². The van der Waals surface area contributed by atoms with Crippen LogP contribution in [0.25, 0.3) is 31.4 Å². The van der Waals surface area contributed by atoms with Crippen molar-refractivity contribution >= 4 is 31.5 Å². The Kier molecular flexibility index (Phi) is 4.43. The van der Waals surface area contributed by atoms with Crippen LogP contribution in [0.4, 0.5) is 0 Å². The monoisotopic (exact) mass is 547 g/mol. The van der Waals surface area contributed by atoms with E-state index in [0.717, 1.165) is 29.0 Å². The van der Waals surface area contributed by atoms with Crippen LogP contribution in [-0.2, 0) is 20.1 Å². The number of hydrogen-bond acceptors (Lipinski definition) is 2. The molecular formula is C24H20IrNS-. The van der Waals surface area contributed by atoms with E-state index in [0.29, 0.717) is 0 Å². The summed E-state index contributed by atoms with van der Waals surface area (Å²) < 4.78 is 2.65. The smallest absolute Gasteiger partial charge is 0.0239 e. The summed E-state index contributed by atoms with van der Waals surface area (Å²) in [5.41, 5.74) is 3.74. The van der Waals surface area contributed by atoms with Gasteiger partial charge in [0, 0.05) is 31.0 Å². The molecule has 0 amide bonds. The fraction of sp³-hybridized carbons (Fsp3) is 0.292. The van der Waals surface area contributed by atoms with E-state index >= 15 is 0 Å². The van der Waals surface area contributed by atoms with Crippen molar-refractivity contribution in [2.24, 2.45) is 11.8 Å². The Labute approximate surface area is 177 Å². The van der Waals surface area contributed by atoms with Gasteiger partial charge in [-0.3, -0.25) is 0 Å². The number of rotatable bonds is 2. The Morgan fingerprint density at radius 3 is 2.78 bits per heavy atom. The largest absolute Gasteiger partial charge is 0.305 e. The van der Waals surface area contributed by atoms with Crippen molar-refractivity contribution in [1.29, 1.82) is 0 Å². The van der Waals surface area contributed by atoms with Crippen LogP contribution in [0, 0.1) is 17.9 Å². The first kappa shape index (κ1) is 17.6. The van der Waals surface area contributed by atoms with Gasteiger partial charge in [0.05, 0.1) is 0 Å². The molecule has 4 aromatic rings. The SMILES string of the molecule is [Ir].[c-]1ccc2c(sc3ccccc32)c1-c1cc(C2CC3CCC2C3)ccn1. The normalized spacial score (nSPS) is 23.8. The van der Waals surface area contributed by atoms with Gasteiger partial charge in [0.15, 0.2) is 0 Å². The Balaban J connectivity index is 0.00000160. The molecule has 2 heterocycles. The molecule has 2 aromatic heterocycles. The van der Waals surface area contributed by atoms with Gasteiger partial charge < -0.3 is 4.98 Å². The van der Waals surface area contributed by atoms with Crippen LogP contribution in [-0.4, -0.2) is 4.98 Å². The van der Waals surface area contributed by atoms with Crippen molar-refractivity contribution in [3.63, 3.8) is 0 Å². The number of aromatic nitrogens is 1. The topological polar surface area (TPSA) is 12.9 Å². The summed E-state index contributed by atoms with van der Waals surface area (Å²) in [5, 5.41) is 2.67. The maximum Gasteiger partial charge on any atom is 0.0239 e. The summed E-state index contributed by atoms with van der Waals surface area (Å²) in [4.78, 5) is 4.74. The van der Waals surface area contributed by atoms with Crippen LogP contribution in [0.1, 0.15) is 37.2 Å². The van der Waals surface area contributed by atoms with Gasteiger partial charge in [-0.1, -0.05) is 41.6 Å². The molecule has 2 aliphatic carbocycles. The van der Waals surface area contributed by atoms with Crippen molar-refractivity contribution in [3.05, 3.63) is 66.4 Å². The Hall–Kier alpha value is -1.54. The summed E-state index contributed by atoms with van der Waals surface area (Å²) in [6.45, 7) is 0.